The first-order valence-electron chi connectivity index (χ1n) is 4.17. The summed E-state index contributed by atoms with van der Waals surface area (Å²) in [7, 11) is 0. The maximum absolute atomic E-state index is 10.8. The zero-order valence-electron chi connectivity index (χ0n) is 6.90. The normalized spacial score (nSPS) is 31.1. The number of aliphatic hydroxyl groups is 1. The quantitative estimate of drug-likeness (QED) is 0.677. The fourth-order valence-electron chi connectivity index (χ4n) is 1.53. The van der Waals surface area contributed by atoms with E-state index in [1.165, 1.54) is 0 Å². The van der Waals surface area contributed by atoms with Crippen LogP contribution in [-0.4, -0.2) is 34.3 Å². The first-order chi connectivity index (χ1) is 5.75. The maximum Gasteiger partial charge on any atom is 0.306 e. The van der Waals surface area contributed by atoms with Crippen LogP contribution in [0.3, 0.4) is 0 Å². The SMILES string of the molecule is O=C(O)[C@@H]1CCSCC[C@H]1CO. The Labute approximate surface area is 76.2 Å². The maximum atomic E-state index is 10.8. The second-order valence-electron chi connectivity index (χ2n) is 3.08. The number of aliphatic hydroxyl groups excluding tert-OH is 1. The summed E-state index contributed by atoms with van der Waals surface area (Å²) in [5, 5.41) is 17.8. The molecule has 0 saturated carbocycles. The van der Waals surface area contributed by atoms with E-state index in [-0.39, 0.29) is 18.4 Å². The molecule has 0 spiro atoms. The average molecular weight is 190 g/mol. The number of carbonyl (C=O) groups is 1. The summed E-state index contributed by atoms with van der Waals surface area (Å²) in [4.78, 5) is 10.8. The van der Waals surface area contributed by atoms with Gasteiger partial charge in [-0.05, 0) is 30.3 Å². The van der Waals surface area contributed by atoms with E-state index in [2.05, 4.69) is 0 Å². The van der Waals surface area contributed by atoms with E-state index >= 15 is 0 Å². The zero-order chi connectivity index (χ0) is 8.97. The molecule has 12 heavy (non-hydrogen) atoms. The molecule has 1 heterocycles. The fourth-order valence-corrected chi connectivity index (χ4v) is 2.62. The van der Waals surface area contributed by atoms with E-state index in [0.29, 0.717) is 6.42 Å². The summed E-state index contributed by atoms with van der Waals surface area (Å²) in [5.74, 6) is 0.779. The molecule has 0 radical (unpaired) electrons. The van der Waals surface area contributed by atoms with Crippen LogP contribution in [0.1, 0.15) is 12.8 Å². The van der Waals surface area contributed by atoms with E-state index in [1.54, 1.807) is 11.8 Å². The third-order valence-corrected chi connectivity index (χ3v) is 3.38. The van der Waals surface area contributed by atoms with E-state index in [0.717, 1.165) is 17.9 Å². The summed E-state index contributed by atoms with van der Waals surface area (Å²) in [5.41, 5.74) is 0. The van der Waals surface area contributed by atoms with Crippen LogP contribution in [0.5, 0.6) is 0 Å². The molecule has 0 bridgehead atoms. The van der Waals surface area contributed by atoms with Crippen LogP contribution in [0, 0.1) is 11.8 Å². The molecule has 1 aliphatic heterocycles. The molecule has 0 aromatic rings. The molecule has 0 aromatic carbocycles. The van der Waals surface area contributed by atoms with Crippen LogP contribution in [0.15, 0.2) is 0 Å². The molecule has 2 atom stereocenters. The zero-order valence-corrected chi connectivity index (χ0v) is 7.72. The van der Waals surface area contributed by atoms with E-state index < -0.39 is 5.97 Å². The topological polar surface area (TPSA) is 57.5 Å². The van der Waals surface area contributed by atoms with Crippen molar-refractivity contribution in [2.24, 2.45) is 11.8 Å². The van der Waals surface area contributed by atoms with Gasteiger partial charge in [0.05, 0.1) is 5.92 Å². The molecule has 0 amide bonds. The van der Waals surface area contributed by atoms with Crippen LogP contribution in [0.4, 0.5) is 0 Å². The van der Waals surface area contributed by atoms with Crippen LogP contribution >= 0.6 is 11.8 Å². The second-order valence-corrected chi connectivity index (χ2v) is 4.30. The standard InChI is InChI=1S/C8H14O3S/c9-5-6-1-3-12-4-2-7(6)8(10)11/h6-7,9H,1-5H2,(H,10,11)/t6-,7+/m0/s1. The molecule has 0 aromatic heterocycles. The monoisotopic (exact) mass is 190 g/mol. The third kappa shape index (κ3) is 2.38. The highest BCUT2D eigenvalue weighted by atomic mass is 32.2. The highest BCUT2D eigenvalue weighted by molar-refractivity contribution is 7.99. The number of thioether (sulfide) groups is 1. The number of hydrogen-bond donors (Lipinski definition) is 2. The molecule has 0 aliphatic carbocycles. The van der Waals surface area contributed by atoms with Gasteiger partial charge in [0.15, 0.2) is 0 Å². The number of rotatable bonds is 2. The molecule has 1 fully saturated rings. The minimum Gasteiger partial charge on any atom is -0.481 e. The van der Waals surface area contributed by atoms with Crippen molar-refractivity contribution in [3.8, 4) is 0 Å². The van der Waals surface area contributed by atoms with Crippen molar-refractivity contribution in [1.82, 2.24) is 0 Å². The molecular formula is C8H14O3S. The molecule has 0 unspecified atom stereocenters. The van der Waals surface area contributed by atoms with Gasteiger partial charge in [-0.2, -0.15) is 11.8 Å². The summed E-state index contributed by atoms with van der Waals surface area (Å²) < 4.78 is 0. The Balaban J connectivity index is 2.57. The van der Waals surface area contributed by atoms with Gasteiger partial charge in [0, 0.05) is 6.61 Å². The molecule has 1 saturated heterocycles. The summed E-state index contributed by atoms with van der Waals surface area (Å²) in [6.07, 6.45) is 1.53. The summed E-state index contributed by atoms with van der Waals surface area (Å²) in [6.45, 7) is 0.0114. The smallest absolute Gasteiger partial charge is 0.306 e. The molecule has 1 rings (SSSR count). The Hall–Kier alpha value is -0.220. The highest BCUT2D eigenvalue weighted by Gasteiger charge is 2.28. The summed E-state index contributed by atoms with van der Waals surface area (Å²) >= 11 is 1.78. The van der Waals surface area contributed by atoms with Gasteiger partial charge >= 0.3 is 5.97 Å². The van der Waals surface area contributed by atoms with Gasteiger partial charge in [0.25, 0.3) is 0 Å². The van der Waals surface area contributed by atoms with Crippen molar-refractivity contribution in [2.75, 3.05) is 18.1 Å². The number of hydrogen-bond acceptors (Lipinski definition) is 3. The predicted octanol–water partition coefficient (Wildman–Crippen LogP) is 0.823. The number of carboxylic acids is 1. The van der Waals surface area contributed by atoms with Gasteiger partial charge in [-0.3, -0.25) is 4.79 Å². The van der Waals surface area contributed by atoms with Crippen LogP contribution < -0.4 is 0 Å². The average Bonchev–Trinajstić information content (AvgIpc) is 2.27. The fraction of sp³-hybridized carbons (Fsp3) is 0.875. The van der Waals surface area contributed by atoms with Gasteiger partial charge < -0.3 is 10.2 Å². The first-order valence-corrected chi connectivity index (χ1v) is 5.32. The lowest BCUT2D eigenvalue weighted by molar-refractivity contribution is -0.144. The molecular weight excluding hydrogens is 176 g/mol. The molecule has 2 N–H and O–H groups in total. The van der Waals surface area contributed by atoms with Crippen molar-refractivity contribution < 1.29 is 15.0 Å². The van der Waals surface area contributed by atoms with Gasteiger partial charge in [-0.25, -0.2) is 0 Å². The van der Waals surface area contributed by atoms with E-state index in [9.17, 15) is 4.79 Å². The Morgan fingerprint density at radius 1 is 1.42 bits per heavy atom. The van der Waals surface area contributed by atoms with Crippen molar-refractivity contribution in [3.05, 3.63) is 0 Å². The third-order valence-electron chi connectivity index (χ3n) is 2.33. The second kappa shape index (κ2) is 4.72. The largest absolute Gasteiger partial charge is 0.481 e. The van der Waals surface area contributed by atoms with Crippen LogP contribution in [0.25, 0.3) is 0 Å². The lowest BCUT2D eigenvalue weighted by atomic mass is 9.89. The van der Waals surface area contributed by atoms with Crippen LogP contribution in [0.2, 0.25) is 0 Å². The van der Waals surface area contributed by atoms with E-state index in [4.69, 9.17) is 10.2 Å². The van der Waals surface area contributed by atoms with Crippen molar-refractivity contribution >= 4 is 17.7 Å². The number of carboxylic acid groups (broad SMARTS) is 1. The summed E-state index contributed by atoms with van der Waals surface area (Å²) in [6, 6.07) is 0. The van der Waals surface area contributed by atoms with Crippen molar-refractivity contribution in [2.45, 2.75) is 12.8 Å². The molecule has 1 aliphatic rings. The lowest BCUT2D eigenvalue weighted by Crippen LogP contribution is -2.25. The molecule has 70 valence electrons. The van der Waals surface area contributed by atoms with Crippen LogP contribution in [-0.2, 0) is 4.79 Å². The Kier molecular flexibility index (Phi) is 3.88. The van der Waals surface area contributed by atoms with Crippen molar-refractivity contribution in [3.63, 3.8) is 0 Å². The number of aliphatic carboxylic acids is 1. The molecule has 4 heteroatoms. The molecule has 3 nitrogen and oxygen atoms in total. The van der Waals surface area contributed by atoms with Gasteiger partial charge in [-0.15, -0.1) is 0 Å². The van der Waals surface area contributed by atoms with Gasteiger partial charge in [0.1, 0.15) is 0 Å². The Morgan fingerprint density at radius 2 is 2.08 bits per heavy atom. The first kappa shape index (κ1) is 9.86. The Bertz CT molecular complexity index is 160. The van der Waals surface area contributed by atoms with E-state index in [1.807, 2.05) is 0 Å². The predicted molar refractivity (Wildman–Crippen MR) is 48.3 cm³/mol. The van der Waals surface area contributed by atoms with Gasteiger partial charge in [0.2, 0.25) is 0 Å². The minimum atomic E-state index is -0.753. The van der Waals surface area contributed by atoms with Gasteiger partial charge in [-0.1, -0.05) is 0 Å². The minimum absolute atomic E-state index is 0.0114. The Morgan fingerprint density at radius 3 is 2.67 bits per heavy atom. The lowest BCUT2D eigenvalue weighted by Gasteiger charge is -2.17. The van der Waals surface area contributed by atoms with Crippen molar-refractivity contribution in [1.29, 1.82) is 0 Å². The highest BCUT2D eigenvalue weighted by Crippen LogP contribution is 2.27.